The largest absolute Gasteiger partial charge is 0.471 e. The number of fused-ring (bicyclic) bond motifs is 2. The van der Waals surface area contributed by atoms with Crippen LogP contribution < -0.4 is 20.7 Å². The average Bonchev–Trinajstić information content (AvgIpc) is 3.26. The van der Waals surface area contributed by atoms with Crippen molar-refractivity contribution in [1.82, 2.24) is 0 Å². The van der Waals surface area contributed by atoms with E-state index in [1.54, 1.807) is 0 Å². The third-order valence-electron chi connectivity index (χ3n) is 6.83. The minimum absolute atomic E-state index is 0.0980. The molecule has 1 atom stereocenters. The van der Waals surface area contributed by atoms with Gasteiger partial charge in [0.2, 0.25) is 5.91 Å². The lowest BCUT2D eigenvalue weighted by molar-refractivity contribution is -0.124. The Morgan fingerprint density at radius 1 is 1.14 bits per heavy atom. The fourth-order valence-electron chi connectivity index (χ4n) is 4.67. The van der Waals surface area contributed by atoms with Gasteiger partial charge in [-0.3, -0.25) is 4.79 Å². The zero-order valence-electron chi connectivity index (χ0n) is 17.4. The van der Waals surface area contributed by atoms with Crippen LogP contribution >= 0.6 is 0 Å². The molecule has 0 saturated heterocycles. The highest BCUT2D eigenvalue weighted by molar-refractivity contribution is 6.00. The Morgan fingerprint density at radius 3 is 2.69 bits per heavy atom. The second kappa shape index (κ2) is 6.41. The summed E-state index contributed by atoms with van der Waals surface area (Å²) in [5.41, 5.74) is 5.18. The molecule has 1 saturated carbocycles. The van der Waals surface area contributed by atoms with Crippen LogP contribution in [0.4, 0.5) is 17.1 Å². The van der Waals surface area contributed by atoms with Crippen LogP contribution in [0.2, 0.25) is 0 Å². The summed E-state index contributed by atoms with van der Waals surface area (Å²) in [4.78, 5) is 13.4. The number of nitrogens with one attached hydrogen (secondary N) is 3. The predicted molar refractivity (Wildman–Crippen MR) is 117 cm³/mol. The van der Waals surface area contributed by atoms with E-state index < -0.39 is 5.41 Å². The van der Waals surface area contributed by atoms with Crippen molar-refractivity contribution in [2.24, 2.45) is 5.41 Å². The molecule has 2 aromatic carbocycles. The van der Waals surface area contributed by atoms with Crippen molar-refractivity contribution in [2.75, 3.05) is 22.7 Å². The van der Waals surface area contributed by atoms with Crippen LogP contribution in [0.25, 0.3) is 0 Å². The van der Waals surface area contributed by atoms with Crippen LogP contribution in [-0.2, 0) is 16.6 Å². The van der Waals surface area contributed by atoms with Gasteiger partial charge >= 0.3 is 0 Å². The third-order valence-corrected chi connectivity index (χ3v) is 6.83. The van der Waals surface area contributed by atoms with Gasteiger partial charge < -0.3 is 20.7 Å². The van der Waals surface area contributed by atoms with E-state index in [0.29, 0.717) is 12.8 Å². The highest BCUT2D eigenvalue weighted by Crippen LogP contribution is 2.47. The number of carbonyl (C=O) groups excluding carboxylic acids is 1. The van der Waals surface area contributed by atoms with E-state index in [0.717, 1.165) is 48.4 Å². The summed E-state index contributed by atoms with van der Waals surface area (Å²) in [5, 5.41) is 10.1. The second-order valence-electron chi connectivity index (χ2n) is 9.71. The van der Waals surface area contributed by atoms with Crippen molar-refractivity contribution in [3.8, 4) is 5.75 Å². The summed E-state index contributed by atoms with van der Waals surface area (Å²) in [5.74, 6) is 0.962. The average molecular weight is 392 g/mol. The minimum atomic E-state index is -0.440. The van der Waals surface area contributed by atoms with Crippen molar-refractivity contribution in [3.63, 3.8) is 0 Å². The molecule has 5 rings (SSSR count). The first-order chi connectivity index (χ1) is 13.8. The molecule has 1 amide bonds. The van der Waals surface area contributed by atoms with Crippen LogP contribution in [0.1, 0.15) is 51.2 Å². The summed E-state index contributed by atoms with van der Waals surface area (Å²) < 4.78 is 5.53. The van der Waals surface area contributed by atoms with Gasteiger partial charge in [-0.05, 0) is 66.1 Å². The molecule has 0 radical (unpaired) electrons. The maximum absolute atomic E-state index is 13.4. The molecular weight excluding hydrogens is 362 g/mol. The van der Waals surface area contributed by atoms with Gasteiger partial charge in [0.1, 0.15) is 5.75 Å². The zero-order valence-corrected chi connectivity index (χ0v) is 17.4. The summed E-state index contributed by atoms with van der Waals surface area (Å²) in [6.45, 7) is 7.28. The zero-order chi connectivity index (χ0) is 20.2. The Kier molecular flexibility index (Phi) is 4.05. The molecule has 152 valence electrons. The Balaban J connectivity index is 1.37. The van der Waals surface area contributed by atoms with E-state index in [-0.39, 0.29) is 11.3 Å². The lowest BCUT2D eigenvalue weighted by Crippen LogP contribution is -2.46. The molecule has 2 aliphatic heterocycles. The fourth-order valence-corrected chi connectivity index (χ4v) is 4.67. The first-order valence-electron chi connectivity index (χ1n) is 10.6. The van der Waals surface area contributed by atoms with Crippen LogP contribution in [0.15, 0.2) is 36.4 Å². The topological polar surface area (TPSA) is 62.4 Å². The standard InChI is InChI=1S/C24H29N3O2/c1-23(2,3)21-12-15-11-17(6-7-18(15)27-21)26-22(28)24(9-4-10-24)16-5-8-20-19(13-16)25-14-29-20/h5-8,11,13,21,25,27H,4,9-10,12,14H2,1-3H3,(H,26,28). The summed E-state index contributed by atoms with van der Waals surface area (Å²) in [6, 6.07) is 12.8. The molecule has 29 heavy (non-hydrogen) atoms. The number of benzene rings is 2. The number of hydrogen-bond acceptors (Lipinski definition) is 4. The fraction of sp³-hybridized carbons (Fsp3) is 0.458. The van der Waals surface area contributed by atoms with E-state index >= 15 is 0 Å². The van der Waals surface area contributed by atoms with Gasteiger partial charge in [0, 0.05) is 17.4 Å². The molecule has 2 heterocycles. The van der Waals surface area contributed by atoms with Gasteiger partial charge in [-0.15, -0.1) is 0 Å². The molecular formula is C24H29N3O2. The molecule has 5 heteroatoms. The van der Waals surface area contributed by atoms with Crippen LogP contribution in [0.3, 0.4) is 0 Å². The number of amides is 1. The Morgan fingerprint density at radius 2 is 1.97 bits per heavy atom. The highest BCUT2D eigenvalue weighted by Gasteiger charge is 2.46. The van der Waals surface area contributed by atoms with Crippen molar-refractivity contribution >= 4 is 23.0 Å². The van der Waals surface area contributed by atoms with Gasteiger partial charge in [-0.1, -0.05) is 33.3 Å². The molecule has 5 nitrogen and oxygen atoms in total. The number of carbonyl (C=O) groups is 1. The molecule has 3 N–H and O–H groups in total. The van der Waals surface area contributed by atoms with Crippen molar-refractivity contribution in [3.05, 3.63) is 47.5 Å². The lowest BCUT2D eigenvalue weighted by atomic mass is 9.63. The number of anilines is 3. The Hall–Kier alpha value is -2.69. The quantitative estimate of drug-likeness (QED) is 0.697. The summed E-state index contributed by atoms with van der Waals surface area (Å²) >= 11 is 0. The molecule has 2 aromatic rings. The molecule has 0 spiro atoms. The van der Waals surface area contributed by atoms with Gasteiger partial charge in [-0.25, -0.2) is 0 Å². The molecule has 1 unspecified atom stereocenters. The predicted octanol–water partition coefficient (Wildman–Crippen LogP) is 4.89. The number of hydrogen-bond donors (Lipinski definition) is 3. The molecule has 1 fully saturated rings. The number of rotatable bonds is 3. The van der Waals surface area contributed by atoms with E-state index in [9.17, 15) is 4.79 Å². The first-order valence-corrected chi connectivity index (χ1v) is 10.6. The van der Waals surface area contributed by atoms with Gasteiger partial charge in [-0.2, -0.15) is 0 Å². The van der Waals surface area contributed by atoms with Crippen LogP contribution in [-0.4, -0.2) is 18.7 Å². The van der Waals surface area contributed by atoms with Crippen molar-refractivity contribution in [1.29, 1.82) is 0 Å². The minimum Gasteiger partial charge on any atom is -0.471 e. The van der Waals surface area contributed by atoms with E-state index in [1.807, 2.05) is 18.2 Å². The third kappa shape index (κ3) is 3.04. The smallest absolute Gasteiger partial charge is 0.235 e. The van der Waals surface area contributed by atoms with Crippen molar-refractivity contribution < 1.29 is 9.53 Å². The number of ether oxygens (including phenoxy) is 1. The van der Waals surface area contributed by atoms with E-state index in [2.05, 4.69) is 54.9 Å². The normalized spacial score (nSPS) is 21.1. The van der Waals surface area contributed by atoms with Crippen LogP contribution in [0, 0.1) is 5.41 Å². The first kappa shape index (κ1) is 18.3. The van der Waals surface area contributed by atoms with Crippen molar-refractivity contribution in [2.45, 2.75) is 57.9 Å². The monoisotopic (exact) mass is 391 g/mol. The maximum atomic E-state index is 13.4. The summed E-state index contributed by atoms with van der Waals surface area (Å²) in [7, 11) is 0. The Bertz CT molecular complexity index is 973. The molecule has 3 aliphatic rings. The van der Waals surface area contributed by atoms with E-state index in [4.69, 9.17) is 4.74 Å². The second-order valence-corrected chi connectivity index (χ2v) is 9.71. The summed E-state index contributed by atoms with van der Waals surface area (Å²) in [6.07, 6.45) is 3.84. The molecule has 1 aliphatic carbocycles. The van der Waals surface area contributed by atoms with Gasteiger partial charge in [0.25, 0.3) is 0 Å². The molecule has 0 aromatic heterocycles. The van der Waals surface area contributed by atoms with Gasteiger partial charge in [0.15, 0.2) is 6.73 Å². The maximum Gasteiger partial charge on any atom is 0.235 e. The lowest BCUT2D eigenvalue weighted by Gasteiger charge is -2.40. The SMILES string of the molecule is CC(C)(C)C1Cc2cc(NC(=O)C3(c4ccc5c(c4)NCO5)CCC3)ccc2N1. The highest BCUT2D eigenvalue weighted by atomic mass is 16.5. The van der Waals surface area contributed by atoms with Gasteiger partial charge in [0.05, 0.1) is 11.1 Å². The Labute approximate surface area is 172 Å². The molecule has 0 bridgehead atoms. The van der Waals surface area contributed by atoms with Crippen LogP contribution in [0.5, 0.6) is 5.75 Å². The van der Waals surface area contributed by atoms with E-state index in [1.165, 1.54) is 11.3 Å².